The average molecular weight is 300 g/mol. The molecule has 0 saturated heterocycles. The number of aryl methyl sites for hydroxylation is 1. The molecule has 4 heteroatoms. The van der Waals surface area contributed by atoms with Gasteiger partial charge in [0, 0.05) is 18.1 Å². The normalized spacial score (nSPS) is 11.1. The second kappa shape index (κ2) is 6.74. The summed E-state index contributed by atoms with van der Waals surface area (Å²) < 4.78 is 2.21. The van der Waals surface area contributed by atoms with Crippen LogP contribution in [0.25, 0.3) is 11.0 Å². The summed E-state index contributed by atoms with van der Waals surface area (Å²) in [6.45, 7) is 2.84. The predicted molar refractivity (Wildman–Crippen MR) is 87.5 cm³/mol. The van der Waals surface area contributed by atoms with Gasteiger partial charge in [0.05, 0.1) is 17.4 Å². The van der Waals surface area contributed by atoms with Gasteiger partial charge >= 0.3 is 0 Å². The van der Waals surface area contributed by atoms with E-state index in [-0.39, 0.29) is 0 Å². The summed E-state index contributed by atoms with van der Waals surface area (Å²) in [5.74, 6) is 0. The van der Waals surface area contributed by atoms with Crippen LogP contribution in [0.15, 0.2) is 54.9 Å². The Morgan fingerprint density at radius 3 is 2.71 bits per heavy atom. The molecule has 0 fully saturated rings. The van der Waals surface area contributed by atoms with Crippen molar-refractivity contribution in [3.05, 3.63) is 65.4 Å². The van der Waals surface area contributed by atoms with Crippen molar-refractivity contribution in [2.75, 3.05) is 6.54 Å². The number of rotatable bonds is 6. The Hall–Kier alpha value is -1.84. The van der Waals surface area contributed by atoms with Gasteiger partial charge in [-0.05, 0) is 42.8 Å². The molecule has 1 aromatic heterocycles. The van der Waals surface area contributed by atoms with Gasteiger partial charge in [-0.15, -0.1) is 0 Å². The van der Waals surface area contributed by atoms with Gasteiger partial charge in [0.15, 0.2) is 0 Å². The maximum Gasteiger partial charge on any atom is 0.0958 e. The van der Waals surface area contributed by atoms with Crippen LogP contribution < -0.4 is 5.32 Å². The van der Waals surface area contributed by atoms with Crippen LogP contribution in [-0.2, 0) is 13.1 Å². The Morgan fingerprint density at radius 1 is 1.05 bits per heavy atom. The molecule has 3 nitrogen and oxygen atoms in total. The number of aromatic nitrogens is 2. The minimum atomic E-state index is 0.783. The van der Waals surface area contributed by atoms with E-state index >= 15 is 0 Å². The molecule has 1 N–H and O–H groups in total. The van der Waals surface area contributed by atoms with E-state index in [1.807, 2.05) is 30.6 Å². The largest absolute Gasteiger partial charge is 0.331 e. The molecule has 1 heterocycles. The quantitative estimate of drug-likeness (QED) is 0.700. The van der Waals surface area contributed by atoms with Crippen LogP contribution in [0.5, 0.6) is 0 Å². The maximum absolute atomic E-state index is 5.87. The first-order valence-corrected chi connectivity index (χ1v) is 7.56. The molecule has 21 heavy (non-hydrogen) atoms. The fraction of sp³-hybridized carbons (Fsp3) is 0.235. The van der Waals surface area contributed by atoms with Gasteiger partial charge in [0.2, 0.25) is 0 Å². The fourth-order valence-electron chi connectivity index (χ4n) is 2.40. The molecule has 2 aromatic carbocycles. The van der Waals surface area contributed by atoms with E-state index in [9.17, 15) is 0 Å². The molecular formula is C17H18ClN3. The highest BCUT2D eigenvalue weighted by molar-refractivity contribution is 6.30. The molecule has 0 spiro atoms. The summed E-state index contributed by atoms with van der Waals surface area (Å²) in [6, 6.07) is 16.2. The van der Waals surface area contributed by atoms with Crippen molar-refractivity contribution >= 4 is 22.6 Å². The van der Waals surface area contributed by atoms with E-state index < -0.39 is 0 Å². The highest BCUT2D eigenvalue weighted by Gasteiger charge is 2.00. The van der Waals surface area contributed by atoms with E-state index in [2.05, 4.69) is 39.1 Å². The zero-order valence-electron chi connectivity index (χ0n) is 11.8. The van der Waals surface area contributed by atoms with Crippen molar-refractivity contribution in [1.82, 2.24) is 14.9 Å². The fourth-order valence-corrected chi connectivity index (χ4v) is 2.52. The molecule has 0 unspecified atom stereocenters. The summed E-state index contributed by atoms with van der Waals surface area (Å²) in [5, 5.41) is 4.24. The lowest BCUT2D eigenvalue weighted by Gasteiger charge is -2.06. The third-order valence-corrected chi connectivity index (χ3v) is 3.77. The zero-order valence-corrected chi connectivity index (χ0v) is 12.6. The standard InChI is InChI=1S/C17H18ClN3/c18-15-8-6-14(7-9-15)12-19-10-3-11-21-13-20-16-4-1-2-5-17(16)21/h1-2,4-9,13,19H,3,10-12H2. The number of hydrogen-bond acceptors (Lipinski definition) is 2. The summed E-state index contributed by atoms with van der Waals surface area (Å²) >= 11 is 5.87. The van der Waals surface area contributed by atoms with Gasteiger partial charge in [-0.3, -0.25) is 0 Å². The zero-order chi connectivity index (χ0) is 14.5. The second-order valence-corrected chi connectivity index (χ2v) is 5.52. The van der Waals surface area contributed by atoms with Gasteiger partial charge in [-0.2, -0.15) is 0 Å². The number of nitrogens with zero attached hydrogens (tertiary/aromatic N) is 2. The lowest BCUT2D eigenvalue weighted by Crippen LogP contribution is -2.16. The van der Waals surface area contributed by atoms with E-state index in [0.717, 1.165) is 36.6 Å². The van der Waals surface area contributed by atoms with Gasteiger partial charge in [0.25, 0.3) is 0 Å². The first-order chi connectivity index (χ1) is 10.3. The highest BCUT2D eigenvalue weighted by atomic mass is 35.5. The van der Waals surface area contributed by atoms with Gasteiger partial charge in [0.1, 0.15) is 0 Å². The maximum atomic E-state index is 5.87. The van der Waals surface area contributed by atoms with E-state index in [1.165, 1.54) is 11.1 Å². The summed E-state index contributed by atoms with van der Waals surface area (Å²) in [4.78, 5) is 4.40. The van der Waals surface area contributed by atoms with E-state index in [4.69, 9.17) is 11.6 Å². The number of para-hydroxylation sites is 2. The van der Waals surface area contributed by atoms with E-state index in [0.29, 0.717) is 0 Å². The average Bonchev–Trinajstić information content (AvgIpc) is 2.92. The molecule has 0 saturated carbocycles. The Morgan fingerprint density at radius 2 is 1.86 bits per heavy atom. The molecule has 0 aliphatic heterocycles. The minimum absolute atomic E-state index is 0.783. The number of hydrogen-bond donors (Lipinski definition) is 1. The van der Waals surface area contributed by atoms with Crippen molar-refractivity contribution in [2.24, 2.45) is 0 Å². The van der Waals surface area contributed by atoms with Gasteiger partial charge < -0.3 is 9.88 Å². The number of benzene rings is 2. The van der Waals surface area contributed by atoms with Crippen LogP contribution in [0, 0.1) is 0 Å². The van der Waals surface area contributed by atoms with Crippen molar-refractivity contribution in [2.45, 2.75) is 19.5 Å². The molecule has 0 radical (unpaired) electrons. The minimum Gasteiger partial charge on any atom is -0.331 e. The number of nitrogens with one attached hydrogen (secondary N) is 1. The second-order valence-electron chi connectivity index (χ2n) is 5.08. The Labute approximate surface area is 129 Å². The molecule has 3 aromatic rings. The Bertz CT molecular complexity index is 703. The van der Waals surface area contributed by atoms with Crippen LogP contribution in [0.2, 0.25) is 5.02 Å². The molecule has 0 aliphatic carbocycles. The van der Waals surface area contributed by atoms with Gasteiger partial charge in [-0.1, -0.05) is 35.9 Å². The molecule has 0 bridgehead atoms. The number of imidazole rings is 1. The summed E-state index contributed by atoms with van der Waals surface area (Å²) in [6.07, 6.45) is 3.00. The predicted octanol–water partition coefficient (Wildman–Crippen LogP) is 3.87. The summed E-state index contributed by atoms with van der Waals surface area (Å²) in [5.41, 5.74) is 3.52. The third-order valence-electron chi connectivity index (χ3n) is 3.52. The van der Waals surface area contributed by atoms with Crippen LogP contribution in [0.4, 0.5) is 0 Å². The molecule has 0 amide bonds. The topological polar surface area (TPSA) is 29.9 Å². The SMILES string of the molecule is Clc1ccc(CNCCCn2cnc3ccccc32)cc1. The van der Waals surface area contributed by atoms with Crippen molar-refractivity contribution in [3.8, 4) is 0 Å². The monoisotopic (exact) mass is 299 g/mol. The molecule has 108 valence electrons. The van der Waals surface area contributed by atoms with E-state index in [1.54, 1.807) is 0 Å². The van der Waals surface area contributed by atoms with Crippen molar-refractivity contribution < 1.29 is 0 Å². The highest BCUT2D eigenvalue weighted by Crippen LogP contribution is 2.12. The lowest BCUT2D eigenvalue weighted by molar-refractivity contribution is 0.588. The molecule has 3 rings (SSSR count). The van der Waals surface area contributed by atoms with Crippen LogP contribution >= 0.6 is 11.6 Å². The molecule has 0 aliphatic rings. The van der Waals surface area contributed by atoms with Crippen molar-refractivity contribution in [3.63, 3.8) is 0 Å². The van der Waals surface area contributed by atoms with Crippen molar-refractivity contribution in [1.29, 1.82) is 0 Å². The van der Waals surface area contributed by atoms with Crippen LogP contribution in [0.1, 0.15) is 12.0 Å². The Balaban J connectivity index is 1.45. The number of halogens is 1. The molecule has 0 atom stereocenters. The third kappa shape index (κ3) is 3.63. The smallest absolute Gasteiger partial charge is 0.0958 e. The summed E-state index contributed by atoms with van der Waals surface area (Å²) in [7, 11) is 0. The first kappa shape index (κ1) is 14.1. The number of fused-ring (bicyclic) bond motifs is 1. The molecular weight excluding hydrogens is 282 g/mol. The Kier molecular flexibility index (Phi) is 4.53. The van der Waals surface area contributed by atoms with Gasteiger partial charge in [-0.25, -0.2) is 4.98 Å². The first-order valence-electron chi connectivity index (χ1n) is 7.18. The van der Waals surface area contributed by atoms with Crippen LogP contribution in [-0.4, -0.2) is 16.1 Å². The lowest BCUT2D eigenvalue weighted by atomic mass is 10.2. The van der Waals surface area contributed by atoms with Crippen LogP contribution in [0.3, 0.4) is 0 Å².